The van der Waals surface area contributed by atoms with Gasteiger partial charge in [-0.05, 0) is 24.6 Å². The molecule has 5 nitrogen and oxygen atoms in total. The fourth-order valence-corrected chi connectivity index (χ4v) is 11.1. The number of unbranched alkanes of at least 4 members (excludes halogenated alkanes) is 4. The molecule has 1 atom stereocenters. The van der Waals surface area contributed by atoms with Gasteiger partial charge in [-0.2, -0.15) is 0 Å². The van der Waals surface area contributed by atoms with Crippen molar-refractivity contribution in [3.8, 4) is 0 Å². The Labute approximate surface area is 170 Å². The Morgan fingerprint density at radius 1 is 0.962 bits per heavy atom. The first kappa shape index (κ1) is 24.3. The zero-order chi connectivity index (χ0) is 19.3. The van der Waals surface area contributed by atoms with Crippen LogP contribution in [0, 0.1) is 0 Å². The van der Waals surface area contributed by atoms with Gasteiger partial charge in [-0.15, -0.1) is 0 Å². The highest BCUT2D eigenvalue weighted by Gasteiger charge is 2.28. The van der Waals surface area contributed by atoms with Gasteiger partial charge >= 0.3 is 11.9 Å². The van der Waals surface area contributed by atoms with Crippen molar-refractivity contribution in [1.29, 1.82) is 0 Å². The molecule has 0 aliphatic carbocycles. The van der Waals surface area contributed by atoms with E-state index in [1.54, 1.807) is 22.8 Å². The van der Waals surface area contributed by atoms with Gasteiger partial charge in [0, 0.05) is 24.3 Å². The van der Waals surface area contributed by atoms with Gasteiger partial charge < -0.3 is 14.0 Å². The lowest BCUT2D eigenvalue weighted by molar-refractivity contribution is -0.160. The molecular weight excluding hydrogens is 411 g/mol. The lowest BCUT2D eigenvalue weighted by Gasteiger charge is -2.21. The van der Waals surface area contributed by atoms with Crippen LogP contribution in [0.15, 0.2) is 0 Å². The summed E-state index contributed by atoms with van der Waals surface area (Å²) in [5.74, 6) is 1.47. The summed E-state index contributed by atoms with van der Waals surface area (Å²) in [6.45, 7) is 4.40. The molecule has 1 fully saturated rings. The van der Waals surface area contributed by atoms with Gasteiger partial charge in [0.15, 0.2) is 10.8 Å². The molecule has 1 rings (SSSR count). The summed E-state index contributed by atoms with van der Waals surface area (Å²) in [5.41, 5.74) is 0. The van der Waals surface area contributed by atoms with Crippen molar-refractivity contribution < 1.29 is 23.6 Å². The maximum atomic E-state index is 12.0. The van der Waals surface area contributed by atoms with Crippen LogP contribution < -0.4 is 0 Å². The Bertz CT molecular complexity index is 465. The number of esters is 2. The van der Waals surface area contributed by atoms with E-state index in [1.807, 2.05) is 0 Å². The molecule has 0 aromatic carbocycles. The average molecular weight is 443 g/mol. The van der Waals surface area contributed by atoms with Crippen LogP contribution in [-0.4, -0.2) is 42.8 Å². The standard InChI is InChI=1S/C17H31O5PS3/c1-3-5-7-9-16(18)20-13-15(22-17(19)10-8-6-4-2)14-21-23(24)25-11-12-26-23/h15H,3-14H2,1-2H3/t15-/m1/s1. The van der Waals surface area contributed by atoms with E-state index in [0.29, 0.717) is 12.8 Å². The van der Waals surface area contributed by atoms with Gasteiger partial charge in [-0.1, -0.05) is 62.3 Å². The monoisotopic (exact) mass is 442 g/mol. The quantitative estimate of drug-likeness (QED) is 0.203. The largest absolute Gasteiger partial charge is 0.462 e. The van der Waals surface area contributed by atoms with Gasteiger partial charge in [0.1, 0.15) is 6.61 Å². The molecule has 9 heteroatoms. The molecule has 0 spiro atoms. The second-order valence-corrected chi connectivity index (χ2v) is 16.9. The predicted molar refractivity (Wildman–Crippen MR) is 114 cm³/mol. The first-order valence-electron chi connectivity index (χ1n) is 9.38. The van der Waals surface area contributed by atoms with Gasteiger partial charge in [-0.25, -0.2) is 0 Å². The molecule has 1 saturated heterocycles. The van der Waals surface area contributed by atoms with Crippen molar-refractivity contribution in [2.75, 3.05) is 24.7 Å². The maximum Gasteiger partial charge on any atom is 0.306 e. The lowest BCUT2D eigenvalue weighted by Crippen LogP contribution is -2.29. The van der Waals surface area contributed by atoms with Crippen LogP contribution in [0.3, 0.4) is 0 Å². The van der Waals surface area contributed by atoms with Crippen LogP contribution in [0.5, 0.6) is 0 Å². The lowest BCUT2D eigenvalue weighted by atomic mass is 10.2. The molecule has 0 radical (unpaired) electrons. The van der Waals surface area contributed by atoms with E-state index in [9.17, 15) is 9.59 Å². The first-order valence-corrected chi connectivity index (χ1v) is 15.3. The third kappa shape index (κ3) is 11.2. The molecule has 1 heterocycles. The Hall–Kier alpha value is 0.250. The third-order valence-corrected chi connectivity index (χ3v) is 13.6. The van der Waals surface area contributed by atoms with Crippen LogP contribution >= 0.6 is 27.4 Å². The van der Waals surface area contributed by atoms with E-state index in [2.05, 4.69) is 13.8 Å². The molecule has 1 aliphatic rings. The highest BCUT2D eigenvalue weighted by Crippen LogP contribution is 2.74. The summed E-state index contributed by atoms with van der Waals surface area (Å²) >= 11 is 8.92. The Kier molecular flexibility index (Phi) is 13.3. The summed E-state index contributed by atoms with van der Waals surface area (Å²) in [7, 11) is 0. The summed E-state index contributed by atoms with van der Waals surface area (Å²) in [6, 6.07) is 0. The summed E-state index contributed by atoms with van der Waals surface area (Å²) < 4.78 is 14.7. The minimum atomic E-state index is -1.93. The van der Waals surface area contributed by atoms with Crippen LogP contribution in [0.25, 0.3) is 0 Å². The normalized spacial score (nSPS) is 17.0. The Balaban J connectivity index is 2.44. The van der Waals surface area contributed by atoms with E-state index in [0.717, 1.165) is 50.0 Å². The fourth-order valence-electron chi connectivity index (χ4n) is 2.24. The smallest absolute Gasteiger partial charge is 0.306 e. The van der Waals surface area contributed by atoms with Crippen LogP contribution in [0.4, 0.5) is 0 Å². The number of carbonyl (C=O) groups is 2. The molecule has 152 valence electrons. The van der Waals surface area contributed by atoms with Crippen LogP contribution in [0.2, 0.25) is 0 Å². The van der Waals surface area contributed by atoms with Crippen LogP contribution in [0.1, 0.15) is 65.2 Å². The van der Waals surface area contributed by atoms with E-state index in [-0.39, 0.29) is 25.2 Å². The molecule has 0 bridgehead atoms. The first-order chi connectivity index (χ1) is 12.5. The molecule has 0 aromatic heterocycles. The number of ether oxygens (including phenoxy) is 2. The molecule has 0 aromatic rings. The van der Waals surface area contributed by atoms with Crippen molar-refractivity contribution in [3.05, 3.63) is 0 Å². The SMILES string of the molecule is CCCCCC(=O)OC[C@H](COP1(=S)SCCS1)OC(=O)CCCCC. The zero-order valence-electron chi connectivity index (χ0n) is 15.8. The molecule has 1 aliphatic heterocycles. The van der Waals surface area contributed by atoms with Gasteiger partial charge in [0.05, 0.1) is 6.61 Å². The summed E-state index contributed by atoms with van der Waals surface area (Å²) in [5, 5.41) is 0. The van der Waals surface area contributed by atoms with Crippen molar-refractivity contribution in [3.63, 3.8) is 0 Å². The zero-order valence-corrected chi connectivity index (χ0v) is 19.1. The van der Waals surface area contributed by atoms with Crippen molar-refractivity contribution in [2.24, 2.45) is 0 Å². The number of hydrogen-bond donors (Lipinski definition) is 0. The maximum absolute atomic E-state index is 12.0. The topological polar surface area (TPSA) is 61.8 Å². The molecule has 26 heavy (non-hydrogen) atoms. The molecule has 0 unspecified atom stereocenters. The van der Waals surface area contributed by atoms with Crippen molar-refractivity contribution in [1.82, 2.24) is 0 Å². The molecule has 0 saturated carbocycles. The van der Waals surface area contributed by atoms with E-state index >= 15 is 0 Å². The van der Waals surface area contributed by atoms with Gasteiger partial charge in [0.25, 0.3) is 0 Å². The van der Waals surface area contributed by atoms with Crippen molar-refractivity contribution >= 4 is 51.2 Å². The fraction of sp³-hybridized carbons (Fsp3) is 0.882. The number of rotatable bonds is 14. The summed E-state index contributed by atoms with van der Waals surface area (Å²) in [4.78, 5) is 23.8. The second kappa shape index (κ2) is 14.3. The van der Waals surface area contributed by atoms with E-state index in [1.165, 1.54) is 0 Å². The predicted octanol–water partition coefficient (Wildman–Crippen LogP) is 5.32. The van der Waals surface area contributed by atoms with Crippen LogP contribution in [-0.2, 0) is 35.4 Å². The van der Waals surface area contributed by atoms with Gasteiger partial charge in [0.2, 0.25) is 0 Å². The van der Waals surface area contributed by atoms with Crippen molar-refractivity contribution in [2.45, 2.75) is 71.3 Å². The Morgan fingerprint density at radius 2 is 1.54 bits per heavy atom. The van der Waals surface area contributed by atoms with Gasteiger partial charge in [-0.3, -0.25) is 9.59 Å². The number of carbonyl (C=O) groups excluding carboxylic acids is 2. The third-order valence-electron chi connectivity index (χ3n) is 3.70. The molecular formula is C17H31O5PS3. The minimum Gasteiger partial charge on any atom is -0.462 e. The second-order valence-electron chi connectivity index (χ2n) is 6.12. The summed E-state index contributed by atoms with van der Waals surface area (Å²) in [6.07, 6.45) is 5.93. The van der Waals surface area contributed by atoms with E-state index in [4.69, 9.17) is 25.8 Å². The molecule has 0 amide bonds. The Morgan fingerprint density at radius 3 is 2.12 bits per heavy atom. The highest BCUT2D eigenvalue weighted by atomic mass is 33.2. The highest BCUT2D eigenvalue weighted by molar-refractivity contribution is 9.00. The average Bonchev–Trinajstić information content (AvgIpc) is 3.05. The molecule has 0 N–H and O–H groups in total. The number of hydrogen-bond acceptors (Lipinski definition) is 8. The van der Waals surface area contributed by atoms with E-state index < -0.39 is 10.8 Å². The minimum absolute atomic E-state index is 0.0368.